The maximum Gasteiger partial charge on any atom is 0.308 e. The fourth-order valence-corrected chi connectivity index (χ4v) is 3.90. The highest BCUT2D eigenvalue weighted by molar-refractivity contribution is 6.01. The van der Waals surface area contributed by atoms with Crippen LogP contribution in [0.15, 0.2) is 24.3 Å². The standard InChI is InChI=1S/C20H26N2O4/c1-3-13(2)16-6-4-5-7-17(16)22-12-15(10-18(22)23)19(24)21-9-8-14(11-21)20(25)26/h4-7,13-15H,3,8-12H2,1-2H3,(H,25,26). The number of carboxylic acids is 1. The van der Waals surface area contributed by atoms with Crippen LogP contribution in [0.4, 0.5) is 5.69 Å². The second-order valence-corrected chi connectivity index (χ2v) is 7.38. The number of para-hydroxylation sites is 1. The molecule has 2 heterocycles. The Kier molecular flexibility index (Phi) is 5.30. The summed E-state index contributed by atoms with van der Waals surface area (Å²) >= 11 is 0. The van der Waals surface area contributed by atoms with Gasteiger partial charge in [-0.3, -0.25) is 14.4 Å². The average molecular weight is 358 g/mol. The van der Waals surface area contributed by atoms with E-state index in [1.54, 1.807) is 9.80 Å². The smallest absolute Gasteiger partial charge is 0.308 e. The summed E-state index contributed by atoms with van der Waals surface area (Å²) in [5, 5.41) is 9.12. The second-order valence-electron chi connectivity index (χ2n) is 7.38. The van der Waals surface area contributed by atoms with Crippen molar-refractivity contribution in [2.75, 3.05) is 24.5 Å². The van der Waals surface area contributed by atoms with Crippen molar-refractivity contribution in [3.05, 3.63) is 29.8 Å². The summed E-state index contributed by atoms with van der Waals surface area (Å²) in [6.07, 6.45) is 1.66. The summed E-state index contributed by atoms with van der Waals surface area (Å²) < 4.78 is 0. The number of amides is 2. The molecular formula is C20H26N2O4. The minimum atomic E-state index is -0.855. The minimum absolute atomic E-state index is 0.0342. The number of anilines is 1. The van der Waals surface area contributed by atoms with Gasteiger partial charge < -0.3 is 14.9 Å². The molecule has 0 aliphatic carbocycles. The molecule has 6 nitrogen and oxygen atoms in total. The second kappa shape index (κ2) is 7.48. The molecule has 3 rings (SSSR count). The number of carbonyl (C=O) groups excluding carboxylic acids is 2. The van der Waals surface area contributed by atoms with Crippen molar-refractivity contribution in [3.8, 4) is 0 Å². The number of nitrogens with zero attached hydrogens (tertiary/aromatic N) is 2. The molecule has 140 valence electrons. The average Bonchev–Trinajstić information content (AvgIpc) is 3.27. The molecule has 0 bridgehead atoms. The molecule has 2 fully saturated rings. The summed E-state index contributed by atoms with van der Waals surface area (Å²) in [6, 6.07) is 7.89. The number of rotatable bonds is 5. The van der Waals surface area contributed by atoms with E-state index >= 15 is 0 Å². The van der Waals surface area contributed by atoms with Gasteiger partial charge >= 0.3 is 5.97 Å². The van der Waals surface area contributed by atoms with Gasteiger partial charge in [0.25, 0.3) is 0 Å². The Bertz CT molecular complexity index is 718. The van der Waals surface area contributed by atoms with Gasteiger partial charge in [0.1, 0.15) is 0 Å². The predicted molar refractivity (Wildman–Crippen MR) is 97.9 cm³/mol. The zero-order chi connectivity index (χ0) is 18.8. The molecule has 0 radical (unpaired) electrons. The Hall–Kier alpha value is -2.37. The largest absolute Gasteiger partial charge is 0.481 e. The lowest BCUT2D eigenvalue weighted by Gasteiger charge is -2.24. The number of hydrogen-bond donors (Lipinski definition) is 1. The van der Waals surface area contributed by atoms with Crippen LogP contribution in [0, 0.1) is 11.8 Å². The zero-order valence-corrected chi connectivity index (χ0v) is 15.4. The van der Waals surface area contributed by atoms with E-state index in [1.165, 1.54) is 0 Å². The molecule has 0 saturated carbocycles. The van der Waals surface area contributed by atoms with Gasteiger partial charge in [0.15, 0.2) is 0 Å². The number of hydrogen-bond acceptors (Lipinski definition) is 3. The van der Waals surface area contributed by atoms with E-state index in [9.17, 15) is 14.4 Å². The fraction of sp³-hybridized carbons (Fsp3) is 0.550. The number of aliphatic carboxylic acids is 1. The Morgan fingerprint density at radius 2 is 1.96 bits per heavy atom. The van der Waals surface area contributed by atoms with Gasteiger partial charge in [-0.1, -0.05) is 32.0 Å². The third-order valence-corrected chi connectivity index (χ3v) is 5.69. The third kappa shape index (κ3) is 3.45. The van der Waals surface area contributed by atoms with Gasteiger partial charge in [-0.15, -0.1) is 0 Å². The quantitative estimate of drug-likeness (QED) is 0.877. The zero-order valence-electron chi connectivity index (χ0n) is 15.4. The van der Waals surface area contributed by atoms with Crippen molar-refractivity contribution < 1.29 is 19.5 Å². The fourth-order valence-electron chi connectivity index (χ4n) is 3.90. The third-order valence-electron chi connectivity index (χ3n) is 5.69. The van der Waals surface area contributed by atoms with Crippen molar-refractivity contribution in [1.29, 1.82) is 0 Å². The molecule has 3 unspecified atom stereocenters. The normalized spacial score (nSPS) is 24.2. The van der Waals surface area contributed by atoms with Crippen LogP contribution in [0.3, 0.4) is 0 Å². The van der Waals surface area contributed by atoms with Crippen LogP contribution in [0.5, 0.6) is 0 Å². The van der Waals surface area contributed by atoms with Gasteiger partial charge in [0.05, 0.1) is 11.8 Å². The number of benzene rings is 1. The van der Waals surface area contributed by atoms with Crippen LogP contribution in [0.1, 0.15) is 44.6 Å². The van der Waals surface area contributed by atoms with E-state index in [0.29, 0.717) is 25.4 Å². The summed E-state index contributed by atoms with van der Waals surface area (Å²) in [5.41, 5.74) is 2.02. The molecule has 2 aliphatic rings. The molecule has 1 aromatic carbocycles. The predicted octanol–water partition coefficient (Wildman–Crippen LogP) is 2.49. The molecule has 26 heavy (non-hydrogen) atoms. The van der Waals surface area contributed by atoms with E-state index < -0.39 is 11.9 Å². The van der Waals surface area contributed by atoms with Crippen molar-refractivity contribution in [1.82, 2.24) is 4.90 Å². The monoisotopic (exact) mass is 358 g/mol. The lowest BCUT2D eigenvalue weighted by Crippen LogP contribution is -2.36. The van der Waals surface area contributed by atoms with Crippen LogP contribution >= 0.6 is 0 Å². The Morgan fingerprint density at radius 3 is 2.62 bits per heavy atom. The molecular weight excluding hydrogens is 332 g/mol. The Labute approximate surface area is 153 Å². The molecule has 3 atom stereocenters. The molecule has 2 aliphatic heterocycles. The highest BCUT2D eigenvalue weighted by Gasteiger charge is 2.40. The molecule has 2 amide bonds. The topological polar surface area (TPSA) is 77.9 Å². The molecule has 1 N–H and O–H groups in total. The first-order valence-corrected chi connectivity index (χ1v) is 9.33. The van der Waals surface area contributed by atoms with Gasteiger partial charge in [-0.05, 0) is 30.4 Å². The van der Waals surface area contributed by atoms with Crippen molar-refractivity contribution in [3.63, 3.8) is 0 Å². The maximum atomic E-state index is 12.8. The highest BCUT2D eigenvalue weighted by atomic mass is 16.4. The molecule has 6 heteroatoms. The van der Waals surface area contributed by atoms with Crippen LogP contribution < -0.4 is 4.90 Å². The molecule has 2 saturated heterocycles. The van der Waals surface area contributed by atoms with Gasteiger partial charge in [-0.2, -0.15) is 0 Å². The number of carboxylic acid groups (broad SMARTS) is 1. The van der Waals surface area contributed by atoms with E-state index in [1.807, 2.05) is 24.3 Å². The number of carbonyl (C=O) groups is 3. The van der Waals surface area contributed by atoms with E-state index in [4.69, 9.17) is 5.11 Å². The van der Waals surface area contributed by atoms with Crippen molar-refractivity contribution in [2.24, 2.45) is 11.8 Å². The van der Waals surface area contributed by atoms with Gasteiger partial charge in [-0.25, -0.2) is 0 Å². The Balaban J connectivity index is 1.74. The summed E-state index contributed by atoms with van der Waals surface area (Å²) in [7, 11) is 0. The van der Waals surface area contributed by atoms with Crippen LogP contribution in [0.25, 0.3) is 0 Å². The van der Waals surface area contributed by atoms with E-state index in [-0.39, 0.29) is 30.7 Å². The molecule has 1 aromatic rings. The molecule has 0 spiro atoms. The van der Waals surface area contributed by atoms with E-state index in [2.05, 4.69) is 13.8 Å². The number of likely N-dealkylation sites (tertiary alicyclic amines) is 1. The molecule has 0 aromatic heterocycles. The summed E-state index contributed by atoms with van der Waals surface area (Å²) in [5.74, 6) is -1.52. The van der Waals surface area contributed by atoms with E-state index in [0.717, 1.165) is 17.7 Å². The van der Waals surface area contributed by atoms with Crippen LogP contribution in [-0.2, 0) is 14.4 Å². The van der Waals surface area contributed by atoms with Gasteiger partial charge in [0.2, 0.25) is 11.8 Å². The first-order chi connectivity index (χ1) is 12.4. The summed E-state index contributed by atoms with van der Waals surface area (Å²) in [4.78, 5) is 39.8. The summed E-state index contributed by atoms with van der Waals surface area (Å²) in [6.45, 7) is 5.34. The van der Waals surface area contributed by atoms with Crippen LogP contribution in [-0.4, -0.2) is 47.4 Å². The van der Waals surface area contributed by atoms with Crippen molar-refractivity contribution in [2.45, 2.75) is 39.0 Å². The lowest BCUT2D eigenvalue weighted by molar-refractivity contribution is -0.141. The van der Waals surface area contributed by atoms with Crippen LogP contribution in [0.2, 0.25) is 0 Å². The SMILES string of the molecule is CCC(C)c1ccccc1N1CC(C(=O)N2CCC(C(=O)O)C2)CC1=O. The maximum absolute atomic E-state index is 12.8. The minimum Gasteiger partial charge on any atom is -0.481 e. The lowest BCUT2D eigenvalue weighted by atomic mass is 9.96. The first-order valence-electron chi connectivity index (χ1n) is 9.33. The van der Waals surface area contributed by atoms with Crippen molar-refractivity contribution >= 4 is 23.5 Å². The first kappa shape index (κ1) is 18.4. The Morgan fingerprint density at radius 1 is 1.23 bits per heavy atom. The highest BCUT2D eigenvalue weighted by Crippen LogP contribution is 2.34. The van der Waals surface area contributed by atoms with Gasteiger partial charge in [0, 0.05) is 31.7 Å².